The van der Waals surface area contributed by atoms with Gasteiger partial charge in [0.2, 0.25) is 5.91 Å². The molecule has 0 spiro atoms. The number of aromatic nitrogens is 1. The number of carbonyl (C=O) groups is 1. The molecule has 0 saturated heterocycles. The number of amides is 1. The topological polar surface area (TPSA) is 67.1 Å². The lowest BCUT2D eigenvalue weighted by molar-refractivity contribution is -0.116. The number of hydrogen-bond acceptors (Lipinski definition) is 4. The number of nitrogens with zero attached hydrogens (tertiary/aromatic N) is 1. The highest BCUT2D eigenvalue weighted by atomic mass is 35.5. The van der Waals surface area contributed by atoms with Crippen LogP contribution in [0.2, 0.25) is 0 Å². The van der Waals surface area contributed by atoms with E-state index in [0.29, 0.717) is 16.2 Å². The smallest absolute Gasteiger partial charge is 0.244 e. The lowest BCUT2D eigenvalue weighted by Gasteiger charge is -2.08. The Morgan fingerprint density at radius 3 is 2.38 bits per heavy atom. The summed E-state index contributed by atoms with van der Waals surface area (Å²) in [5, 5.41) is 12.2. The van der Waals surface area contributed by atoms with Crippen LogP contribution in [0.5, 0.6) is 11.5 Å². The fourth-order valence-electron chi connectivity index (χ4n) is 2.01. The Morgan fingerprint density at radius 1 is 1.08 bits per heavy atom. The SMILES string of the molecule is Cl.N=c1sccn1CC(=O)Nc1ccc(Oc2ccccc2)cc1. The third-order valence-corrected chi connectivity index (χ3v) is 3.83. The summed E-state index contributed by atoms with van der Waals surface area (Å²) in [4.78, 5) is 12.3. The van der Waals surface area contributed by atoms with Crippen molar-refractivity contribution in [1.29, 1.82) is 5.41 Å². The summed E-state index contributed by atoms with van der Waals surface area (Å²) in [5.41, 5.74) is 0.692. The number of ether oxygens (including phenoxy) is 1. The molecule has 0 aliphatic heterocycles. The predicted molar refractivity (Wildman–Crippen MR) is 97.0 cm³/mol. The molecule has 7 heteroatoms. The second kappa shape index (κ2) is 8.33. The molecule has 0 unspecified atom stereocenters. The minimum Gasteiger partial charge on any atom is -0.457 e. The van der Waals surface area contributed by atoms with Crippen LogP contribution in [0.15, 0.2) is 66.2 Å². The van der Waals surface area contributed by atoms with Crippen LogP contribution in [-0.4, -0.2) is 10.5 Å². The van der Waals surface area contributed by atoms with Gasteiger partial charge in [-0.2, -0.15) is 0 Å². The fraction of sp³-hybridized carbons (Fsp3) is 0.0588. The van der Waals surface area contributed by atoms with Crippen molar-refractivity contribution in [3.63, 3.8) is 0 Å². The van der Waals surface area contributed by atoms with E-state index in [4.69, 9.17) is 10.1 Å². The summed E-state index contributed by atoms with van der Waals surface area (Å²) in [6, 6.07) is 16.7. The van der Waals surface area contributed by atoms with E-state index in [9.17, 15) is 4.79 Å². The first kappa shape index (κ1) is 17.8. The van der Waals surface area contributed by atoms with Gasteiger partial charge in [0.25, 0.3) is 0 Å². The van der Waals surface area contributed by atoms with Gasteiger partial charge < -0.3 is 14.6 Å². The number of rotatable bonds is 5. The van der Waals surface area contributed by atoms with Gasteiger partial charge in [0.15, 0.2) is 4.80 Å². The quantitative estimate of drug-likeness (QED) is 0.724. The van der Waals surface area contributed by atoms with Crippen LogP contribution in [0.3, 0.4) is 0 Å². The van der Waals surface area contributed by atoms with Gasteiger partial charge in [-0.1, -0.05) is 18.2 Å². The number of thiazole rings is 1. The van der Waals surface area contributed by atoms with Gasteiger partial charge in [-0.05, 0) is 36.4 Å². The number of para-hydroxylation sites is 1. The first-order valence-corrected chi connectivity index (χ1v) is 7.90. The van der Waals surface area contributed by atoms with Crippen molar-refractivity contribution >= 4 is 35.3 Å². The summed E-state index contributed by atoms with van der Waals surface area (Å²) in [7, 11) is 0. The molecule has 0 atom stereocenters. The molecule has 5 nitrogen and oxygen atoms in total. The minimum atomic E-state index is -0.168. The predicted octanol–water partition coefficient (Wildman–Crippen LogP) is 3.88. The Morgan fingerprint density at radius 2 is 1.75 bits per heavy atom. The number of nitrogens with one attached hydrogen (secondary N) is 2. The number of hydrogen-bond donors (Lipinski definition) is 2. The van der Waals surface area contributed by atoms with Crippen molar-refractivity contribution in [2.75, 3.05) is 5.32 Å². The average Bonchev–Trinajstić information content (AvgIpc) is 2.95. The van der Waals surface area contributed by atoms with E-state index in [-0.39, 0.29) is 24.9 Å². The second-order valence-electron chi connectivity index (χ2n) is 4.82. The number of benzene rings is 2. The average molecular weight is 362 g/mol. The van der Waals surface area contributed by atoms with Gasteiger partial charge >= 0.3 is 0 Å². The highest BCUT2D eigenvalue weighted by Gasteiger charge is 2.05. The molecule has 0 bridgehead atoms. The van der Waals surface area contributed by atoms with Crippen molar-refractivity contribution in [3.8, 4) is 11.5 Å². The molecule has 0 aliphatic rings. The standard InChI is InChI=1S/C17H15N3O2S.ClH/c18-17-20(10-11-23-17)12-16(21)19-13-6-8-15(9-7-13)22-14-4-2-1-3-5-14;/h1-11,18H,12H2,(H,19,21);1H. The summed E-state index contributed by atoms with van der Waals surface area (Å²) < 4.78 is 7.29. The van der Waals surface area contributed by atoms with Gasteiger partial charge in [-0.25, -0.2) is 0 Å². The number of halogens is 1. The third kappa shape index (κ3) is 4.71. The van der Waals surface area contributed by atoms with Crippen molar-refractivity contribution in [2.45, 2.75) is 6.54 Å². The lowest BCUT2D eigenvalue weighted by Crippen LogP contribution is -2.23. The molecule has 0 fully saturated rings. The second-order valence-corrected chi connectivity index (χ2v) is 5.72. The van der Waals surface area contributed by atoms with Gasteiger partial charge in [0.1, 0.15) is 18.0 Å². The van der Waals surface area contributed by atoms with Gasteiger partial charge in [-0.15, -0.1) is 23.7 Å². The summed E-state index contributed by atoms with van der Waals surface area (Å²) >= 11 is 1.29. The Labute approximate surface area is 149 Å². The monoisotopic (exact) mass is 361 g/mol. The summed E-state index contributed by atoms with van der Waals surface area (Å²) in [5.74, 6) is 1.30. The maximum absolute atomic E-state index is 12.0. The van der Waals surface area contributed by atoms with Crippen molar-refractivity contribution in [2.24, 2.45) is 0 Å². The molecule has 3 aromatic rings. The Hall–Kier alpha value is -2.57. The molecule has 1 amide bonds. The summed E-state index contributed by atoms with van der Waals surface area (Å²) in [6.07, 6.45) is 1.73. The molecule has 1 aromatic heterocycles. The fourth-order valence-corrected chi connectivity index (χ4v) is 2.61. The highest BCUT2D eigenvalue weighted by molar-refractivity contribution is 7.06. The van der Waals surface area contributed by atoms with E-state index in [1.165, 1.54) is 11.3 Å². The molecule has 124 valence electrons. The van der Waals surface area contributed by atoms with Crippen LogP contribution in [0, 0.1) is 5.41 Å². The molecule has 0 radical (unpaired) electrons. The normalized spacial score (nSPS) is 9.83. The maximum Gasteiger partial charge on any atom is 0.244 e. The molecule has 24 heavy (non-hydrogen) atoms. The molecule has 2 N–H and O–H groups in total. The van der Waals surface area contributed by atoms with Crippen molar-refractivity contribution in [3.05, 3.63) is 71.0 Å². The van der Waals surface area contributed by atoms with E-state index in [2.05, 4.69) is 5.32 Å². The zero-order chi connectivity index (χ0) is 16.1. The highest BCUT2D eigenvalue weighted by Crippen LogP contribution is 2.22. The van der Waals surface area contributed by atoms with E-state index in [0.717, 1.165) is 5.75 Å². The Bertz CT molecular complexity index is 844. The molecular weight excluding hydrogens is 346 g/mol. The van der Waals surface area contributed by atoms with Crippen LogP contribution in [0.4, 0.5) is 5.69 Å². The van der Waals surface area contributed by atoms with Gasteiger partial charge in [-0.3, -0.25) is 10.2 Å². The first-order chi connectivity index (χ1) is 11.2. The Kier molecular flexibility index (Phi) is 6.17. The van der Waals surface area contributed by atoms with Crippen LogP contribution >= 0.6 is 23.7 Å². The van der Waals surface area contributed by atoms with Gasteiger partial charge in [0.05, 0.1) is 0 Å². The molecule has 1 heterocycles. The van der Waals surface area contributed by atoms with E-state index in [1.807, 2.05) is 30.3 Å². The van der Waals surface area contributed by atoms with E-state index >= 15 is 0 Å². The maximum atomic E-state index is 12.0. The Balaban J connectivity index is 0.00000208. The van der Waals surface area contributed by atoms with Crippen LogP contribution in [-0.2, 0) is 11.3 Å². The zero-order valence-electron chi connectivity index (χ0n) is 12.6. The molecule has 0 aliphatic carbocycles. The van der Waals surface area contributed by atoms with Crippen molar-refractivity contribution in [1.82, 2.24) is 4.57 Å². The van der Waals surface area contributed by atoms with Gasteiger partial charge in [0, 0.05) is 17.3 Å². The van der Waals surface area contributed by atoms with Crippen LogP contribution < -0.4 is 14.9 Å². The van der Waals surface area contributed by atoms with Crippen LogP contribution in [0.1, 0.15) is 0 Å². The number of anilines is 1. The summed E-state index contributed by atoms with van der Waals surface area (Å²) in [6.45, 7) is 0.130. The third-order valence-electron chi connectivity index (χ3n) is 3.11. The molecule has 2 aromatic carbocycles. The molecular formula is C17H16ClN3O2S. The van der Waals surface area contributed by atoms with E-state index in [1.54, 1.807) is 40.4 Å². The van der Waals surface area contributed by atoms with Crippen molar-refractivity contribution < 1.29 is 9.53 Å². The zero-order valence-corrected chi connectivity index (χ0v) is 14.3. The minimum absolute atomic E-state index is 0. The molecule has 0 saturated carbocycles. The number of carbonyl (C=O) groups excluding carboxylic acids is 1. The molecule has 3 rings (SSSR count). The first-order valence-electron chi connectivity index (χ1n) is 7.02. The van der Waals surface area contributed by atoms with E-state index < -0.39 is 0 Å². The lowest BCUT2D eigenvalue weighted by atomic mass is 10.3. The van der Waals surface area contributed by atoms with Crippen LogP contribution in [0.25, 0.3) is 0 Å². The largest absolute Gasteiger partial charge is 0.457 e.